The molecule has 1 aromatic heterocycles. The second-order valence-electron chi connectivity index (χ2n) is 6.57. The van der Waals surface area contributed by atoms with Crippen LogP contribution in [0.25, 0.3) is 17.3 Å². The normalized spacial score (nSPS) is 11.0. The fourth-order valence-electron chi connectivity index (χ4n) is 3.01. The molecule has 8 heteroatoms. The van der Waals surface area contributed by atoms with Gasteiger partial charge in [0.2, 0.25) is 0 Å². The van der Waals surface area contributed by atoms with E-state index in [0.29, 0.717) is 41.3 Å². The molecule has 0 fully saturated rings. The number of methoxy groups -OCH3 is 2. The quantitative estimate of drug-likeness (QED) is 0.429. The summed E-state index contributed by atoms with van der Waals surface area (Å²) in [6, 6.07) is 13.3. The monoisotopic (exact) mass is 420 g/mol. The average molecular weight is 420 g/mol. The number of carbonyl (C=O) groups is 1. The zero-order valence-electron chi connectivity index (χ0n) is 17.1. The van der Waals surface area contributed by atoms with E-state index in [4.69, 9.17) is 9.47 Å². The van der Waals surface area contributed by atoms with E-state index < -0.39 is 5.91 Å². The summed E-state index contributed by atoms with van der Waals surface area (Å²) >= 11 is 0. The molecular formula is C23H21FN4O3. The molecule has 1 amide bonds. The number of aromatic amines is 1. The maximum atomic E-state index is 13.2. The molecule has 0 saturated carbocycles. The lowest BCUT2D eigenvalue weighted by Gasteiger charge is -2.10. The van der Waals surface area contributed by atoms with Gasteiger partial charge in [-0.05, 0) is 54.5 Å². The topological polar surface area (TPSA) is 100 Å². The summed E-state index contributed by atoms with van der Waals surface area (Å²) in [5.41, 5.74) is 2.73. The predicted molar refractivity (Wildman–Crippen MR) is 114 cm³/mol. The molecule has 0 radical (unpaired) electrons. The number of hydrogen-bond donors (Lipinski definition) is 2. The molecule has 1 heterocycles. The molecule has 31 heavy (non-hydrogen) atoms. The van der Waals surface area contributed by atoms with Gasteiger partial charge in [0.1, 0.15) is 17.5 Å². The van der Waals surface area contributed by atoms with E-state index in [1.807, 2.05) is 18.2 Å². The number of amides is 1. The first kappa shape index (κ1) is 21.6. The van der Waals surface area contributed by atoms with Crippen molar-refractivity contribution in [1.29, 1.82) is 5.26 Å². The Hall–Kier alpha value is -4.12. The third kappa shape index (κ3) is 5.28. The average Bonchev–Trinajstić information content (AvgIpc) is 3.25. The Morgan fingerprint density at radius 2 is 1.94 bits per heavy atom. The molecule has 2 aromatic carbocycles. The highest BCUT2D eigenvalue weighted by Gasteiger charge is 2.13. The van der Waals surface area contributed by atoms with Gasteiger partial charge in [0.15, 0.2) is 11.5 Å². The SMILES string of the molecule is COc1ccc(CCNC(=O)C(C#N)=Cc2cn[nH]c2-c2ccc(F)cc2)cc1OC. The minimum atomic E-state index is -0.491. The van der Waals surface area contributed by atoms with Gasteiger partial charge in [-0.2, -0.15) is 10.4 Å². The largest absolute Gasteiger partial charge is 0.493 e. The zero-order valence-corrected chi connectivity index (χ0v) is 17.1. The maximum absolute atomic E-state index is 13.2. The van der Waals surface area contributed by atoms with Crippen LogP contribution >= 0.6 is 0 Å². The Bertz CT molecular complexity index is 1130. The van der Waals surface area contributed by atoms with Gasteiger partial charge in [0.05, 0.1) is 26.1 Å². The fourth-order valence-corrected chi connectivity index (χ4v) is 3.01. The molecule has 0 unspecified atom stereocenters. The second-order valence-corrected chi connectivity index (χ2v) is 6.57. The van der Waals surface area contributed by atoms with Crippen LogP contribution in [0.2, 0.25) is 0 Å². The number of rotatable bonds is 8. The van der Waals surface area contributed by atoms with Gasteiger partial charge in [-0.1, -0.05) is 6.07 Å². The summed E-state index contributed by atoms with van der Waals surface area (Å²) in [5.74, 6) is 0.389. The molecule has 3 rings (SSSR count). The van der Waals surface area contributed by atoms with Crippen LogP contribution in [0.3, 0.4) is 0 Å². The highest BCUT2D eigenvalue weighted by molar-refractivity contribution is 6.02. The zero-order chi connectivity index (χ0) is 22.2. The Labute approximate surface area is 179 Å². The van der Waals surface area contributed by atoms with Gasteiger partial charge in [-0.15, -0.1) is 0 Å². The molecular weight excluding hydrogens is 399 g/mol. The lowest BCUT2D eigenvalue weighted by Crippen LogP contribution is -2.26. The number of benzene rings is 2. The van der Waals surface area contributed by atoms with Gasteiger partial charge in [0, 0.05) is 17.7 Å². The van der Waals surface area contributed by atoms with E-state index in [2.05, 4.69) is 15.5 Å². The van der Waals surface area contributed by atoms with Crippen LogP contribution in [0.1, 0.15) is 11.1 Å². The number of hydrogen-bond acceptors (Lipinski definition) is 5. The van der Waals surface area contributed by atoms with Crippen LogP contribution in [0.15, 0.2) is 54.2 Å². The number of ether oxygens (including phenoxy) is 2. The highest BCUT2D eigenvalue weighted by Crippen LogP contribution is 2.27. The Morgan fingerprint density at radius 3 is 2.61 bits per heavy atom. The molecule has 7 nitrogen and oxygen atoms in total. The number of nitriles is 1. The first-order valence-electron chi connectivity index (χ1n) is 9.46. The molecule has 0 aliphatic heterocycles. The van der Waals surface area contributed by atoms with Crippen LogP contribution in [0.5, 0.6) is 11.5 Å². The molecule has 3 aromatic rings. The van der Waals surface area contributed by atoms with E-state index >= 15 is 0 Å². The van der Waals surface area contributed by atoms with Crippen LogP contribution < -0.4 is 14.8 Å². The van der Waals surface area contributed by atoms with Gasteiger partial charge in [-0.3, -0.25) is 9.89 Å². The summed E-state index contributed by atoms with van der Waals surface area (Å²) in [6.45, 7) is 0.337. The fraction of sp³-hybridized carbons (Fsp3) is 0.174. The number of nitrogens with one attached hydrogen (secondary N) is 2. The molecule has 158 valence electrons. The van der Waals surface area contributed by atoms with Crippen molar-refractivity contribution >= 4 is 12.0 Å². The summed E-state index contributed by atoms with van der Waals surface area (Å²) in [5, 5.41) is 19.0. The number of nitrogens with zero attached hydrogens (tertiary/aromatic N) is 2. The van der Waals surface area contributed by atoms with E-state index in [1.54, 1.807) is 32.4 Å². The van der Waals surface area contributed by atoms with Gasteiger partial charge in [-0.25, -0.2) is 4.39 Å². The Morgan fingerprint density at radius 1 is 1.19 bits per heavy atom. The Kier molecular flexibility index (Phi) is 7.01. The van der Waals surface area contributed by atoms with E-state index in [9.17, 15) is 14.4 Å². The van der Waals surface area contributed by atoms with Gasteiger partial charge < -0.3 is 14.8 Å². The van der Waals surface area contributed by atoms with Crippen molar-refractivity contribution < 1.29 is 18.7 Å². The van der Waals surface area contributed by atoms with E-state index in [-0.39, 0.29) is 11.4 Å². The summed E-state index contributed by atoms with van der Waals surface area (Å²) in [6.07, 6.45) is 3.51. The molecule has 0 aliphatic carbocycles. The van der Waals surface area contributed by atoms with Crippen LogP contribution in [-0.2, 0) is 11.2 Å². The second kappa shape index (κ2) is 10.1. The molecule has 0 spiro atoms. The van der Waals surface area contributed by atoms with Crippen LogP contribution in [0.4, 0.5) is 4.39 Å². The minimum absolute atomic E-state index is 0.0583. The summed E-state index contributed by atoms with van der Waals surface area (Å²) < 4.78 is 23.7. The lowest BCUT2D eigenvalue weighted by atomic mass is 10.1. The van der Waals surface area contributed by atoms with Crippen molar-refractivity contribution in [3.8, 4) is 28.8 Å². The Balaban J connectivity index is 1.68. The third-order valence-electron chi connectivity index (χ3n) is 4.61. The number of aromatic nitrogens is 2. The standard InChI is InChI=1S/C23H21FN4O3/c1-30-20-8-3-15(11-21(20)31-2)9-10-26-23(29)17(13-25)12-18-14-27-28-22(18)16-4-6-19(24)7-5-16/h3-8,11-12,14H,9-10H2,1-2H3,(H,26,29)(H,27,28). The number of H-pyrrole nitrogens is 1. The van der Waals surface area contributed by atoms with E-state index in [0.717, 1.165) is 5.56 Å². The summed E-state index contributed by atoms with van der Waals surface area (Å²) in [4.78, 5) is 12.5. The van der Waals surface area contributed by atoms with Crippen molar-refractivity contribution in [2.45, 2.75) is 6.42 Å². The van der Waals surface area contributed by atoms with Crippen molar-refractivity contribution in [3.05, 3.63) is 71.2 Å². The van der Waals surface area contributed by atoms with Crippen molar-refractivity contribution in [2.24, 2.45) is 0 Å². The molecule has 0 aliphatic rings. The minimum Gasteiger partial charge on any atom is -0.493 e. The van der Waals surface area contributed by atoms with Crippen LogP contribution in [-0.4, -0.2) is 36.9 Å². The lowest BCUT2D eigenvalue weighted by molar-refractivity contribution is -0.117. The van der Waals surface area contributed by atoms with Gasteiger partial charge in [0.25, 0.3) is 5.91 Å². The first-order valence-corrected chi connectivity index (χ1v) is 9.46. The summed E-state index contributed by atoms with van der Waals surface area (Å²) in [7, 11) is 3.12. The molecule has 2 N–H and O–H groups in total. The van der Waals surface area contributed by atoms with Crippen molar-refractivity contribution in [2.75, 3.05) is 20.8 Å². The molecule has 0 bridgehead atoms. The third-order valence-corrected chi connectivity index (χ3v) is 4.61. The number of halogens is 1. The molecule has 0 saturated heterocycles. The highest BCUT2D eigenvalue weighted by atomic mass is 19.1. The predicted octanol–water partition coefficient (Wildman–Crippen LogP) is 3.50. The maximum Gasteiger partial charge on any atom is 0.261 e. The van der Waals surface area contributed by atoms with Gasteiger partial charge >= 0.3 is 0 Å². The first-order chi connectivity index (χ1) is 15.0. The van der Waals surface area contributed by atoms with Crippen molar-refractivity contribution in [1.82, 2.24) is 15.5 Å². The van der Waals surface area contributed by atoms with E-state index in [1.165, 1.54) is 24.4 Å². The van der Waals surface area contributed by atoms with Crippen LogP contribution in [0, 0.1) is 17.1 Å². The smallest absolute Gasteiger partial charge is 0.261 e. The van der Waals surface area contributed by atoms with Crippen molar-refractivity contribution in [3.63, 3.8) is 0 Å². The molecule has 0 atom stereocenters. The number of carbonyl (C=O) groups excluding carboxylic acids is 1.